The Balaban J connectivity index is 0.871. The SMILES string of the molecule is C=C/C=C\CCCc1cccc(C2(c3cccc(CCC/C=C/C=C)c3)c3cc(C)ccc3-c3ccc(-c4ccc5c(c4)C(c4ccc(CCCCCC)cc4)(c4ccc(CCCCCC)cc4)c4cc(-c6ccc(N(c7ccc(CCCC)cc7)c7ccc(N(c8ccc(C)cc8)c8ccc(CCCC)cc8)cc7)cc6)ccc4-5)cc32)c1. The molecule has 1 atom stereocenters. The summed E-state index contributed by atoms with van der Waals surface area (Å²) in [5.41, 5.74) is 36.7. The van der Waals surface area contributed by atoms with E-state index in [1.165, 1.54) is 211 Å². The van der Waals surface area contributed by atoms with Crippen LogP contribution in [0, 0.1) is 13.8 Å². The number of benzene rings is 13. The van der Waals surface area contributed by atoms with E-state index in [1.807, 2.05) is 12.2 Å². The molecular formula is C116H120N2. The zero-order valence-electron chi connectivity index (χ0n) is 71.0. The molecule has 1 unspecified atom stereocenters. The van der Waals surface area contributed by atoms with Crippen molar-refractivity contribution < 1.29 is 0 Å². The highest BCUT2D eigenvalue weighted by atomic mass is 15.2. The van der Waals surface area contributed by atoms with Gasteiger partial charge in [0.25, 0.3) is 0 Å². The first-order valence-electron chi connectivity index (χ1n) is 44.6. The van der Waals surface area contributed by atoms with Crippen LogP contribution in [0.1, 0.15) is 219 Å². The molecule has 0 heterocycles. The van der Waals surface area contributed by atoms with Gasteiger partial charge in [0.15, 0.2) is 0 Å². The van der Waals surface area contributed by atoms with Gasteiger partial charge in [-0.05, 0) is 317 Å². The van der Waals surface area contributed by atoms with Crippen molar-refractivity contribution in [2.24, 2.45) is 0 Å². The molecule has 0 amide bonds. The van der Waals surface area contributed by atoms with Gasteiger partial charge in [0.2, 0.25) is 0 Å². The maximum atomic E-state index is 3.96. The van der Waals surface area contributed by atoms with Gasteiger partial charge in [0, 0.05) is 34.1 Å². The highest BCUT2D eigenvalue weighted by Crippen LogP contribution is 2.60. The minimum atomic E-state index is -0.685. The molecule has 0 spiro atoms. The van der Waals surface area contributed by atoms with E-state index in [9.17, 15) is 0 Å². The number of anilines is 6. The van der Waals surface area contributed by atoms with E-state index in [1.54, 1.807) is 0 Å². The fourth-order valence-corrected chi connectivity index (χ4v) is 18.9. The van der Waals surface area contributed by atoms with E-state index >= 15 is 0 Å². The lowest BCUT2D eigenvalue weighted by Crippen LogP contribution is -2.29. The second-order valence-corrected chi connectivity index (χ2v) is 33.5. The fourth-order valence-electron chi connectivity index (χ4n) is 18.9. The van der Waals surface area contributed by atoms with Crippen LogP contribution in [-0.2, 0) is 49.4 Å². The third-order valence-corrected chi connectivity index (χ3v) is 25.3. The van der Waals surface area contributed by atoms with Crippen LogP contribution in [0.4, 0.5) is 34.1 Å². The summed E-state index contributed by atoms with van der Waals surface area (Å²) in [7, 11) is 0. The molecular weight excluding hydrogens is 1420 g/mol. The molecule has 0 saturated heterocycles. The highest BCUT2D eigenvalue weighted by molar-refractivity contribution is 5.93. The summed E-state index contributed by atoms with van der Waals surface area (Å²) in [4.78, 5) is 4.83. The largest absolute Gasteiger partial charge is 0.311 e. The Bertz CT molecular complexity index is 5470. The Morgan fingerprint density at radius 3 is 0.949 bits per heavy atom. The molecule has 2 nitrogen and oxygen atoms in total. The molecule has 0 aromatic heterocycles. The zero-order chi connectivity index (χ0) is 81.2. The number of aryl methyl sites for hydroxylation is 8. The third-order valence-electron chi connectivity index (χ3n) is 25.3. The van der Waals surface area contributed by atoms with Gasteiger partial charge in [0.05, 0.1) is 10.8 Å². The molecule has 0 fully saturated rings. The van der Waals surface area contributed by atoms with Gasteiger partial charge >= 0.3 is 0 Å². The predicted octanol–water partition coefficient (Wildman–Crippen LogP) is 32.4. The van der Waals surface area contributed by atoms with Crippen LogP contribution >= 0.6 is 0 Å². The minimum absolute atomic E-state index is 0.610. The van der Waals surface area contributed by atoms with Crippen molar-refractivity contribution in [3.63, 3.8) is 0 Å². The van der Waals surface area contributed by atoms with Crippen LogP contribution in [-0.4, -0.2) is 0 Å². The maximum Gasteiger partial charge on any atom is 0.0714 e. The first-order valence-corrected chi connectivity index (χ1v) is 44.6. The minimum Gasteiger partial charge on any atom is -0.311 e. The van der Waals surface area contributed by atoms with Gasteiger partial charge in [0.1, 0.15) is 0 Å². The van der Waals surface area contributed by atoms with Crippen molar-refractivity contribution in [3.05, 3.63) is 430 Å². The normalized spacial score (nSPS) is 13.7. The van der Waals surface area contributed by atoms with E-state index in [0.717, 1.165) is 98.3 Å². The first kappa shape index (κ1) is 81.6. The standard InChI is InChI=1S/C116H120N2/c1-9-15-21-25-29-37-91-39-31-41-99(80-91)116(100-42-32-40-92(81-100)38-30-26-22-16-10-2)111-79-86(8)45-75-107(111)108-77-57-96(84-114(108)116)95-58-78-110-109-76-56-94(82-112(109)115(113(110)83-95,97-59-46-89(47-60-97)35-27-23-17-11-3)98-61-48-90(49-62-98)36-28-24-18-12-4)93-54-69-104(70-55-93)118(103-67-52-88(53-68-103)34-20-14-6)106-73-71-105(72-74-106)117(101-63-43-85(7)44-64-101)102-65-50-87(51-66-102)33-19-13-5/h9-10,15-16,21-22,31-32,39-84H,1-2,11-14,17-20,23-30,33-38H2,3-8H3/b21-15-,22-16+. The van der Waals surface area contributed by atoms with E-state index < -0.39 is 10.8 Å². The first-order chi connectivity index (χ1) is 58.1. The summed E-state index contributed by atoms with van der Waals surface area (Å²) in [6.07, 6.45) is 37.4. The summed E-state index contributed by atoms with van der Waals surface area (Å²) >= 11 is 0. The molecule has 0 radical (unpaired) electrons. The quantitative estimate of drug-likeness (QED) is 0.0281. The van der Waals surface area contributed by atoms with Crippen molar-refractivity contribution in [1.29, 1.82) is 0 Å². The number of hydrogen-bond donors (Lipinski definition) is 0. The molecule has 594 valence electrons. The van der Waals surface area contributed by atoms with E-state index in [0.29, 0.717) is 0 Å². The van der Waals surface area contributed by atoms with Crippen LogP contribution in [0.25, 0.3) is 44.5 Å². The number of allylic oxidation sites excluding steroid dienone is 6. The van der Waals surface area contributed by atoms with Crippen LogP contribution < -0.4 is 9.80 Å². The van der Waals surface area contributed by atoms with Crippen LogP contribution in [0.15, 0.2) is 341 Å². The van der Waals surface area contributed by atoms with Crippen LogP contribution in [0.3, 0.4) is 0 Å². The lowest BCUT2D eigenvalue weighted by molar-refractivity contribution is 0.666. The highest BCUT2D eigenvalue weighted by Gasteiger charge is 2.49. The summed E-state index contributed by atoms with van der Waals surface area (Å²) in [6, 6.07) is 115. The van der Waals surface area contributed by atoms with Crippen molar-refractivity contribution in [3.8, 4) is 44.5 Å². The van der Waals surface area contributed by atoms with Crippen LogP contribution in [0.5, 0.6) is 0 Å². The van der Waals surface area contributed by atoms with Crippen molar-refractivity contribution >= 4 is 34.1 Å². The average Bonchev–Trinajstić information content (AvgIpc) is 1.53. The van der Waals surface area contributed by atoms with Gasteiger partial charge < -0.3 is 9.80 Å². The summed E-state index contributed by atoms with van der Waals surface area (Å²) < 4.78 is 0. The molecule has 13 aromatic carbocycles. The number of nitrogens with zero attached hydrogens (tertiary/aromatic N) is 2. The Labute approximate surface area is 707 Å². The smallest absolute Gasteiger partial charge is 0.0714 e. The Hall–Kier alpha value is -11.6. The summed E-state index contributed by atoms with van der Waals surface area (Å²) in [6.45, 7) is 21.5. The molecule has 0 bridgehead atoms. The Kier molecular flexibility index (Phi) is 26.7. The molecule has 13 aromatic rings. The summed E-state index contributed by atoms with van der Waals surface area (Å²) in [5.74, 6) is 0. The monoisotopic (exact) mass is 1540 g/mol. The Morgan fingerprint density at radius 1 is 0.254 bits per heavy atom. The van der Waals surface area contributed by atoms with Crippen molar-refractivity contribution in [2.45, 2.75) is 194 Å². The number of fused-ring (bicyclic) bond motifs is 6. The lowest BCUT2D eigenvalue weighted by atomic mass is 9.66. The second-order valence-electron chi connectivity index (χ2n) is 33.5. The van der Waals surface area contributed by atoms with Gasteiger partial charge in [-0.2, -0.15) is 0 Å². The average molecular weight is 1540 g/mol. The van der Waals surface area contributed by atoms with Gasteiger partial charge in [-0.3, -0.25) is 0 Å². The van der Waals surface area contributed by atoms with E-state index in [-0.39, 0.29) is 0 Å². The van der Waals surface area contributed by atoms with E-state index in [4.69, 9.17) is 0 Å². The predicted molar refractivity (Wildman–Crippen MR) is 508 cm³/mol. The summed E-state index contributed by atoms with van der Waals surface area (Å²) in [5, 5.41) is 0. The lowest BCUT2D eigenvalue weighted by Gasteiger charge is -2.35. The second kappa shape index (κ2) is 38.7. The van der Waals surface area contributed by atoms with E-state index in [2.05, 4.69) is 380 Å². The molecule has 0 aliphatic heterocycles. The topological polar surface area (TPSA) is 6.48 Å². The number of hydrogen-bond acceptors (Lipinski definition) is 2. The Morgan fingerprint density at radius 2 is 0.559 bits per heavy atom. The molecule has 15 rings (SSSR count). The third kappa shape index (κ3) is 17.5. The van der Waals surface area contributed by atoms with Crippen LogP contribution in [0.2, 0.25) is 0 Å². The van der Waals surface area contributed by atoms with Gasteiger partial charge in [-0.1, -0.05) is 340 Å². The van der Waals surface area contributed by atoms with Gasteiger partial charge in [-0.25, -0.2) is 0 Å². The number of rotatable bonds is 38. The number of unbranched alkanes of at least 4 members (excludes halogenated alkanes) is 10. The maximum absolute atomic E-state index is 3.96. The molecule has 2 aliphatic rings. The van der Waals surface area contributed by atoms with Crippen molar-refractivity contribution in [2.75, 3.05) is 9.80 Å². The van der Waals surface area contributed by atoms with Crippen molar-refractivity contribution in [1.82, 2.24) is 0 Å². The molecule has 0 N–H and O–H groups in total. The molecule has 2 heteroatoms. The fraction of sp³-hybridized carbons (Fsp3) is 0.259. The zero-order valence-corrected chi connectivity index (χ0v) is 71.0. The molecule has 118 heavy (non-hydrogen) atoms. The van der Waals surface area contributed by atoms with Gasteiger partial charge in [-0.15, -0.1) is 0 Å². The molecule has 0 saturated carbocycles. The molecule has 2 aliphatic carbocycles.